The van der Waals surface area contributed by atoms with E-state index in [9.17, 15) is 0 Å². The van der Waals surface area contributed by atoms with E-state index in [-0.39, 0.29) is 0 Å². The van der Waals surface area contributed by atoms with E-state index in [1.165, 1.54) is 23.1 Å². The maximum Gasteiger partial charge on any atom is 0.0237 e. The van der Waals surface area contributed by atoms with Crippen molar-refractivity contribution in [2.24, 2.45) is 0 Å². The van der Waals surface area contributed by atoms with Gasteiger partial charge < -0.3 is 0 Å². The Morgan fingerprint density at radius 1 is 0.842 bits per heavy atom. The summed E-state index contributed by atoms with van der Waals surface area (Å²) in [5.74, 6) is 0. The van der Waals surface area contributed by atoms with E-state index in [1.54, 1.807) is 0 Å². The Hall–Kier alpha value is -1.60. The topological polar surface area (TPSA) is 3.24 Å². The zero-order valence-corrected chi connectivity index (χ0v) is 12.0. The quantitative estimate of drug-likeness (QED) is 0.737. The third-order valence-electron chi connectivity index (χ3n) is 3.28. The zero-order valence-electron chi connectivity index (χ0n) is 12.0. The predicted molar refractivity (Wildman–Crippen MR) is 82.0 cm³/mol. The lowest BCUT2D eigenvalue weighted by Gasteiger charge is -2.22. The first-order chi connectivity index (χ1) is 9.28. The van der Waals surface area contributed by atoms with Gasteiger partial charge in [0.25, 0.3) is 0 Å². The summed E-state index contributed by atoms with van der Waals surface area (Å²) in [6.45, 7) is 7.61. The molecule has 100 valence electrons. The van der Waals surface area contributed by atoms with Crippen LogP contribution < -0.4 is 0 Å². The number of hydrogen-bond donors (Lipinski definition) is 0. The molecule has 0 aliphatic carbocycles. The van der Waals surface area contributed by atoms with E-state index in [4.69, 9.17) is 0 Å². The highest BCUT2D eigenvalue weighted by atomic mass is 15.1. The third kappa shape index (κ3) is 4.53. The number of hydrogen-bond acceptors (Lipinski definition) is 1. The summed E-state index contributed by atoms with van der Waals surface area (Å²) in [7, 11) is 0. The lowest BCUT2D eigenvalue weighted by atomic mass is 10.1. The second kappa shape index (κ2) is 7.10. The van der Waals surface area contributed by atoms with Gasteiger partial charge in [0.2, 0.25) is 0 Å². The van der Waals surface area contributed by atoms with Crippen molar-refractivity contribution in [3.63, 3.8) is 0 Å². The lowest BCUT2D eigenvalue weighted by molar-refractivity contribution is 0.257. The molecule has 1 heteroatoms. The fraction of sp³-hybridized carbons (Fsp3) is 0.333. The fourth-order valence-electron chi connectivity index (χ4n) is 2.44. The van der Waals surface area contributed by atoms with Crippen LogP contribution in [0, 0.1) is 6.92 Å². The van der Waals surface area contributed by atoms with E-state index in [1.807, 2.05) is 0 Å². The molecule has 0 radical (unpaired) electrons. The van der Waals surface area contributed by atoms with Gasteiger partial charge in [0.15, 0.2) is 0 Å². The molecule has 2 aromatic carbocycles. The molecule has 1 nitrogen and oxygen atoms in total. The van der Waals surface area contributed by atoms with Gasteiger partial charge in [0.05, 0.1) is 0 Å². The standard InChI is InChI=1S/C18H23N/c1-3-12-19(14-17-9-5-4-6-10-17)15-18-11-7-8-16(2)13-18/h4-11,13H,3,12,14-15H2,1-2H3. The highest BCUT2D eigenvalue weighted by Gasteiger charge is 2.06. The van der Waals surface area contributed by atoms with Gasteiger partial charge in [0, 0.05) is 13.1 Å². The molecule has 0 aliphatic heterocycles. The molecule has 0 aliphatic rings. The average molecular weight is 253 g/mol. The first-order valence-electron chi connectivity index (χ1n) is 7.09. The summed E-state index contributed by atoms with van der Waals surface area (Å²) in [6.07, 6.45) is 1.19. The Morgan fingerprint density at radius 2 is 1.53 bits per heavy atom. The second-order valence-corrected chi connectivity index (χ2v) is 5.19. The minimum atomic E-state index is 1.03. The van der Waals surface area contributed by atoms with Gasteiger partial charge in [-0.05, 0) is 31.0 Å². The molecule has 0 fully saturated rings. The van der Waals surface area contributed by atoms with Crippen molar-refractivity contribution in [2.45, 2.75) is 33.4 Å². The van der Waals surface area contributed by atoms with Crippen molar-refractivity contribution in [1.29, 1.82) is 0 Å². The van der Waals surface area contributed by atoms with Crippen molar-refractivity contribution in [1.82, 2.24) is 4.90 Å². The van der Waals surface area contributed by atoms with Gasteiger partial charge in [-0.2, -0.15) is 0 Å². The van der Waals surface area contributed by atoms with E-state index in [0.717, 1.165) is 19.6 Å². The minimum Gasteiger partial charge on any atom is -0.295 e. The van der Waals surface area contributed by atoms with Crippen LogP contribution in [-0.2, 0) is 13.1 Å². The van der Waals surface area contributed by atoms with Crippen LogP contribution in [0.1, 0.15) is 30.0 Å². The molecule has 0 spiro atoms. The van der Waals surface area contributed by atoms with Crippen molar-refractivity contribution >= 4 is 0 Å². The number of nitrogens with zero attached hydrogens (tertiary/aromatic N) is 1. The van der Waals surface area contributed by atoms with Gasteiger partial charge in [0.1, 0.15) is 0 Å². The Balaban J connectivity index is 2.04. The summed E-state index contributed by atoms with van der Waals surface area (Å²) in [5, 5.41) is 0. The number of rotatable bonds is 6. The predicted octanol–water partition coefficient (Wildman–Crippen LogP) is 4.41. The molecular weight excluding hydrogens is 230 g/mol. The minimum absolute atomic E-state index is 1.03. The van der Waals surface area contributed by atoms with Crippen LogP contribution in [0.4, 0.5) is 0 Å². The fourth-order valence-corrected chi connectivity index (χ4v) is 2.44. The first-order valence-corrected chi connectivity index (χ1v) is 7.09. The van der Waals surface area contributed by atoms with Crippen LogP contribution in [-0.4, -0.2) is 11.4 Å². The molecule has 0 bridgehead atoms. The number of aryl methyl sites for hydroxylation is 1. The Kier molecular flexibility index (Phi) is 5.17. The molecule has 0 amide bonds. The summed E-state index contributed by atoms with van der Waals surface area (Å²) in [6, 6.07) is 19.5. The Labute approximate surface area is 116 Å². The van der Waals surface area contributed by atoms with Gasteiger partial charge in [-0.3, -0.25) is 4.90 Å². The van der Waals surface area contributed by atoms with Gasteiger partial charge in [-0.25, -0.2) is 0 Å². The smallest absolute Gasteiger partial charge is 0.0237 e. The summed E-state index contributed by atoms with van der Waals surface area (Å²) < 4.78 is 0. The van der Waals surface area contributed by atoms with Crippen LogP contribution in [0.15, 0.2) is 54.6 Å². The van der Waals surface area contributed by atoms with E-state index < -0.39 is 0 Å². The lowest BCUT2D eigenvalue weighted by Crippen LogP contribution is -2.23. The van der Waals surface area contributed by atoms with Crippen molar-refractivity contribution in [3.8, 4) is 0 Å². The third-order valence-corrected chi connectivity index (χ3v) is 3.28. The molecular formula is C18H23N. The van der Waals surface area contributed by atoms with Crippen molar-refractivity contribution in [3.05, 3.63) is 71.3 Å². The summed E-state index contributed by atoms with van der Waals surface area (Å²) in [5.41, 5.74) is 4.14. The number of benzene rings is 2. The highest BCUT2D eigenvalue weighted by molar-refractivity contribution is 5.22. The van der Waals surface area contributed by atoms with Crippen LogP contribution in [0.5, 0.6) is 0 Å². The zero-order chi connectivity index (χ0) is 13.5. The molecule has 0 unspecified atom stereocenters. The van der Waals surface area contributed by atoms with Crippen molar-refractivity contribution in [2.75, 3.05) is 6.54 Å². The van der Waals surface area contributed by atoms with E-state index in [2.05, 4.69) is 73.3 Å². The molecule has 2 rings (SSSR count). The molecule has 0 aromatic heterocycles. The molecule has 0 heterocycles. The monoisotopic (exact) mass is 253 g/mol. The average Bonchev–Trinajstić information content (AvgIpc) is 2.40. The van der Waals surface area contributed by atoms with Gasteiger partial charge in [-0.1, -0.05) is 67.1 Å². The van der Waals surface area contributed by atoms with E-state index in [0.29, 0.717) is 0 Å². The molecule has 0 atom stereocenters. The Bertz CT molecular complexity index is 490. The van der Waals surface area contributed by atoms with Crippen LogP contribution in [0.3, 0.4) is 0 Å². The maximum absolute atomic E-state index is 2.52. The van der Waals surface area contributed by atoms with E-state index >= 15 is 0 Å². The normalized spacial score (nSPS) is 10.9. The molecule has 0 N–H and O–H groups in total. The van der Waals surface area contributed by atoms with Crippen LogP contribution in [0.25, 0.3) is 0 Å². The van der Waals surface area contributed by atoms with Crippen molar-refractivity contribution < 1.29 is 0 Å². The molecule has 0 saturated heterocycles. The highest BCUT2D eigenvalue weighted by Crippen LogP contribution is 2.11. The molecule has 2 aromatic rings. The van der Waals surface area contributed by atoms with Gasteiger partial charge >= 0.3 is 0 Å². The maximum atomic E-state index is 2.52. The second-order valence-electron chi connectivity index (χ2n) is 5.19. The molecule has 0 saturated carbocycles. The summed E-state index contributed by atoms with van der Waals surface area (Å²) >= 11 is 0. The molecule has 19 heavy (non-hydrogen) atoms. The summed E-state index contributed by atoms with van der Waals surface area (Å²) in [4.78, 5) is 2.52. The SMILES string of the molecule is CCCN(Cc1ccccc1)Cc1cccc(C)c1. The largest absolute Gasteiger partial charge is 0.295 e. The van der Waals surface area contributed by atoms with Crippen LogP contribution >= 0.6 is 0 Å². The van der Waals surface area contributed by atoms with Crippen LogP contribution in [0.2, 0.25) is 0 Å². The first kappa shape index (κ1) is 13.8. The Morgan fingerprint density at radius 3 is 2.21 bits per heavy atom. The van der Waals surface area contributed by atoms with Gasteiger partial charge in [-0.15, -0.1) is 0 Å².